The molecule has 51 heavy (non-hydrogen) atoms. The van der Waals surface area contributed by atoms with E-state index in [0.717, 1.165) is 39.1 Å². The minimum absolute atomic E-state index is 0.0166. The van der Waals surface area contributed by atoms with Crippen LogP contribution in [0.3, 0.4) is 0 Å². The number of benzene rings is 3. The molecule has 7 rings (SSSR count). The highest BCUT2D eigenvalue weighted by Crippen LogP contribution is 2.36. The van der Waals surface area contributed by atoms with Crippen LogP contribution in [0.5, 0.6) is 0 Å². The maximum atomic E-state index is 14.0. The number of aromatic nitrogens is 4. The molecule has 1 unspecified atom stereocenters. The van der Waals surface area contributed by atoms with Crippen LogP contribution in [0.1, 0.15) is 44.9 Å². The van der Waals surface area contributed by atoms with Crippen LogP contribution < -0.4 is 4.90 Å². The van der Waals surface area contributed by atoms with Gasteiger partial charge < -0.3 is 14.5 Å². The maximum Gasteiger partial charge on any atom is 0.410 e. The molecule has 262 valence electrons. The van der Waals surface area contributed by atoms with Crippen molar-refractivity contribution >= 4 is 32.8 Å². The molecule has 0 aliphatic carbocycles. The van der Waals surface area contributed by atoms with E-state index in [1.165, 1.54) is 3.97 Å². The van der Waals surface area contributed by atoms with Crippen LogP contribution in [0, 0.1) is 6.92 Å². The molecule has 0 N–H and O–H groups in total. The second-order valence-corrected chi connectivity index (χ2v) is 15.9. The smallest absolute Gasteiger partial charge is 0.410 e. The highest BCUT2D eigenvalue weighted by atomic mass is 32.2. The Kier molecular flexibility index (Phi) is 8.93. The molecule has 1 fully saturated rings. The second-order valence-electron chi connectivity index (χ2n) is 14.0. The fourth-order valence-corrected chi connectivity index (χ4v) is 7.71. The quantitative estimate of drug-likeness (QED) is 0.167. The Labute approximate surface area is 299 Å². The van der Waals surface area contributed by atoms with Crippen molar-refractivity contribution < 1.29 is 17.9 Å². The minimum atomic E-state index is -3.95. The number of fused-ring (bicyclic) bond motifs is 1. The number of hydrogen-bond acceptors (Lipinski definition) is 7. The highest BCUT2D eigenvalue weighted by molar-refractivity contribution is 7.90. The lowest BCUT2D eigenvalue weighted by Gasteiger charge is -2.36. The Morgan fingerprint density at radius 2 is 1.51 bits per heavy atom. The van der Waals surface area contributed by atoms with Crippen molar-refractivity contribution in [3.63, 3.8) is 0 Å². The number of anilines is 1. The Morgan fingerprint density at radius 1 is 0.824 bits per heavy atom. The average molecular weight is 703 g/mol. The molecule has 3 aromatic heterocycles. The van der Waals surface area contributed by atoms with Gasteiger partial charge in [0.05, 0.1) is 17.1 Å². The lowest BCUT2D eigenvalue weighted by atomic mass is 10.0. The van der Waals surface area contributed by atoms with Crippen LogP contribution in [-0.4, -0.2) is 69.9 Å². The molecule has 6 aromatic rings. The Hall–Kier alpha value is -5.42. The number of carbonyl (C=O) groups is 1. The standard InChI is InChI=1S/C40H42N6O4S/c1-28-11-17-35(18-12-28)51(48,49)46-27-37(33-25-42-45(26-33)29(2)30-9-7-6-8-10-30)36-23-32(24-41-38(36)46)31-13-15-34(16-14-31)43-19-21-44(22-20-43)39(47)50-40(3,4)5/h6-18,23-27,29H,19-22H2,1-5H3. The van der Waals surface area contributed by atoms with Gasteiger partial charge in [0, 0.05) is 72.5 Å². The van der Waals surface area contributed by atoms with Crippen LogP contribution >= 0.6 is 0 Å². The average Bonchev–Trinajstić information content (AvgIpc) is 3.77. The number of aryl methyl sites for hydroxylation is 1. The predicted octanol–water partition coefficient (Wildman–Crippen LogP) is 7.78. The summed E-state index contributed by atoms with van der Waals surface area (Å²) in [5, 5.41) is 5.39. The molecule has 10 nitrogen and oxygen atoms in total. The van der Waals surface area contributed by atoms with Gasteiger partial charge in [-0.05, 0) is 76.1 Å². The summed E-state index contributed by atoms with van der Waals surface area (Å²) in [6, 6.07) is 27.2. The molecule has 11 heteroatoms. The number of piperazine rings is 1. The Balaban J connectivity index is 1.21. The first kappa shape index (κ1) is 34.0. The second kappa shape index (κ2) is 13.4. The van der Waals surface area contributed by atoms with Crippen molar-refractivity contribution in [1.82, 2.24) is 23.6 Å². The normalized spacial score (nSPS) is 14.5. The number of pyridine rings is 1. The van der Waals surface area contributed by atoms with Crippen LogP contribution in [0.4, 0.5) is 10.5 Å². The molecule has 1 saturated heterocycles. The molecular weight excluding hydrogens is 661 g/mol. The molecule has 1 atom stereocenters. The SMILES string of the molecule is Cc1ccc(S(=O)(=O)n2cc(-c3cnn(C(C)c4ccccc4)c3)c3cc(-c4ccc(N5CCN(C(=O)OC(C)(C)C)CC5)cc4)cnc32)cc1. The van der Waals surface area contributed by atoms with E-state index in [1.54, 1.807) is 47.8 Å². The molecule has 3 aromatic carbocycles. The Bertz CT molecular complexity index is 2280. The first-order chi connectivity index (χ1) is 24.4. The van der Waals surface area contributed by atoms with Crippen LogP contribution in [0.25, 0.3) is 33.3 Å². The first-order valence-corrected chi connectivity index (χ1v) is 18.6. The van der Waals surface area contributed by atoms with Crippen molar-refractivity contribution in [3.8, 4) is 22.3 Å². The topological polar surface area (TPSA) is 103 Å². The maximum absolute atomic E-state index is 14.0. The summed E-state index contributed by atoms with van der Waals surface area (Å²) in [7, 11) is -3.95. The number of hydrogen-bond donors (Lipinski definition) is 0. The first-order valence-electron chi connectivity index (χ1n) is 17.1. The zero-order valence-electron chi connectivity index (χ0n) is 29.5. The lowest BCUT2D eigenvalue weighted by molar-refractivity contribution is 0.0240. The van der Waals surface area contributed by atoms with Crippen molar-refractivity contribution in [2.45, 2.75) is 51.2 Å². The van der Waals surface area contributed by atoms with Crippen LogP contribution in [0.2, 0.25) is 0 Å². The van der Waals surface area contributed by atoms with Gasteiger partial charge in [0.25, 0.3) is 10.0 Å². The van der Waals surface area contributed by atoms with Crippen molar-refractivity contribution in [2.75, 3.05) is 31.1 Å². The summed E-state index contributed by atoms with van der Waals surface area (Å²) in [6.07, 6.45) is 6.84. The van der Waals surface area contributed by atoms with Gasteiger partial charge in [0.2, 0.25) is 0 Å². The number of rotatable bonds is 7. The van der Waals surface area contributed by atoms with Crippen LogP contribution in [-0.2, 0) is 14.8 Å². The van der Waals surface area contributed by atoms with Gasteiger partial charge in [-0.2, -0.15) is 5.10 Å². The number of amides is 1. The van der Waals surface area contributed by atoms with E-state index in [9.17, 15) is 13.2 Å². The summed E-state index contributed by atoms with van der Waals surface area (Å²) in [6.45, 7) is 12.2. The fourth-order valence-electron chi connectivity index (χ4n) is 6.39. The van der Waals surface area contributed by atoms with E-state index in [4.69, 9.17) is 9.72 Å². The third-order valence-corrected chi connectivity index (χ3v) is 10.9. The number of nitrogens with zero attached hydrogens (tertiary/aromatic N) is 6. The van der Waals surface area contributed by atoms with E-state index >= 15 is 0 Å². The molecular formula is C40H42N6O4S. The van der Waals surface area contributed by atoms with Gasteiger partial charge in [0.15, 0.2) is 5.65 Å². The summed E-state index contributed by atoms with van der Waals surface area (Å²) in [4.78, 5) is 21.5. The molecule has 0 spiro atoms. The van der Waals surface area contributed by atoms with Gasteiger partial charge in [0.1, 0.15) is 5.60 Å². The molecule has 0 radical (unpaired) electrons. The predicted molar refractivity (Wildman–Crippen MR) is 200 cm³/mol. The minimum Gasteiger partial charge on any atom is -0.444 e. The zero-order chi connectivity index (χ0) is 35.9. The van der Waals surface area contributed by atoms with Gasteiger partial charge in [-0.1, -0.05) is 60.2 Å². The molecule has 1 aliphatic rings. The Morgan fingerprint density at radius 3 is 2.18 bits per heavy atom. The summed E-state index contributed by atoms with van der Waals surface area (Å²) in [5.41, 5.74) is 6.31. The van der Waals surface area contributed by atoms with Gasteiger partial charge in [-0.15, -0.1) is 0 Å². The van der Waals surface area contributed by atoms with E-state index in [-0.39, 0.29) is 17.0 Å². The van der Waals surface area contributed by atoms with Gasteiger partial charge in [-0.3, -0.25) is 4.68 Å². The van der Waals surface area contributed by atoms with Gasteiger partial charge in [-0.25, -0.2) is 22.2 Å². The third-order valence-electron chi connectivity index (χ3n) is 9.28. The van der Waals surface area contributed by atoms with Crippen molar-refractivity contribution in [3.05, 3.63) is 121 Å². The number of carbonyl (C=O) groups excluding carboxylic acids is 1. The molecule has 4 heterocycles. The molecule has 0 saturated carbocycles. The van der Waals surface area contributed by atoms with Crippen molar-refractivity contribution in [1.29, 1.82) is 0 Å². The zero-order valence-corrected chi connectivity index (χ0v) is 30.3. The lowest BCUT2D eigenvalue weighted by Crippen LogP contribution is -2.50. The monoisotopic (exact) mass is 702 g/mol. The van der Waals surface area contributed by atoms with Crippen LogP contribution in [0.15, 0.2) is 115 Å². The third kappa shape index (κ3) is 6.98. The summed E-state index contributed by atoms with van der Waals surface area (Å²) < 4.78 is 36.8. The molecule has 1 aliphatic heterocycles. The van der Waals surface area contributed by atoms with Crippen molar-refractivity contribution in [2.24, 2.45) is 0 Å². The number of ether oxygens (including phenoxy) is 1. The van der Waals surface area contributed by atoms with E-state index in [0.29, 0.717) is 37.2 Å². The molecule has 1 amide bonds. The largest absolute Gasteiger partial charge is 0.444 e. The van der Waals surface area contributed by atoms with E-state index in [2.05, 4.69) is 53.3 Å². The van der Waals surface area contributed by atoms with E-state index in [1.807, 2.05) is 62.8 Å². The van der Waals surface area contributed by atoms with Gasteiger partial charge >= 0.3 is 6.09 Å². The highest BCUT2D eigenvalue weighted by Gasteiger charge is 2.27. The fraction of sp³-hybridized carbons (Fsp3) is 0.275. The summed E-state index contributed by atoms with van der Waals surface area (Å²) >= 11 is 0. The molecule has 0 bridgehead atoms. The summed E-state index contributed by atoms with van der Waals surface area (Å²) in [5.74, 6) is 0. The van der Waals surface area contributed by atoms with E-state index < -0.39 is 15.6 Å².